The van der Waals surface area contributed by atoms with Crippen molar-refractivity contribution in [3.05, 3.63) is 53.2 Å². The first-order chi connectivity index (χ1) is 13.0. The maximum Gasteiger partial charge on any atom is 0.254 e. The lowest BCUT2D eigenvalue weighted by Gasteiger charge is -2.37. The molecule has 3 rings (SSSR count). The van der Waals surface area contributed by atoms with Gasteiger partial charge in [0.15, 0.2) is 0 Å². The number of hydrogen-bond donors (Lipinski definition) is 0. The van der Waals surface area contributed by atoms with Crippen LogP contribution in [-0.2, 0) is 0 Å². The number of rotatable bonds is 5. The number of carbonyl (C=O) groups excluding carboxylic acids is 1. The van der Waals surface area contributed by atoms with Crippen LogP contribution in [0.3, 0.4) is 0 Å². The quantitative estimate of drug-likeness (QED) is 0.812. The van der Waals surface area contributed by atoms with Gasteiger partial charge in [-0.2, -0.15) is 0 Å². The highest BCUT2D eigenvalue weighted by Gasteiger charge is 2.21. The van der Waals surface area contributed by atoms with E-state index in [2.05, 4.69) is 46.8 Å². The highest BCUT2D eigenvalue weighted by atomic mass is 16.2. The van der Waals surface area contributed by atoms with Gasteiger partial charge < -0.3 is 14.7 Å². The lowest BCUT2D eigenvalue weighted by Crippen LogP contribution is -2.47. The molecule has 0 unspecified atom stereocenters. The van der Waals surface area contributed by atoms with Crippen LogP contribution in [0.15, 0.2) is 36.5 Å². The Morgan fingerprint density at radius 3 is 2.37 bits per heavy atom. The molecule has 5 heteroatoms. The number of piperazine rings is 1. The van der Waals surface area contributed by atoms with E-state index in [1.54, 1.807) is 6.20 Å². The zero-order valence-electron chi connectivity index (χ0n) is 16.9. The fourth-order valence-electron chi connectivity index (χ4n) is 3.67. The number of pyridine rings is 1. The van der Waals surface area contributed by atoms with E-state index in [0.29, 0.717) is 0 Å². The van der Waals surface area contributed by atoms with Crippen LogP contribution in [-0.4, -0.2) is 55.1 Å². The normalized spacial score (nSPS) is 14.4. The van der Waals surface area contributed by atoms with Gasteiger partial charge >= 0.3 is 0 Å². The molecule has 0 spiro atoms. The van der Waals surface area contributed by atoms with Crippen molar-refractivity contribution in [2.45, 2.75) is 27.7 Å². The second kappa shape index (κ2) is 8.42. The summed E-state index contributed by atoms with van der Waals surface area (Å²) in [7, 11) is 0. The molecule has 1 aliphatic heterocycles. The summed E-state index contributed by atoms with van der Waals surface area (Å²) >= 11 is 0. The monoisotopic (exact) mass is 366 g/mol. The van der Waals surface area contributed by atoms with Gasteiger partial charge in [0, 0.05) is 56.7 Å². The highest BCUT2D eigenvalue weighted by molar-refractivity contribution is 5.94. The zero-order chi connectivity index (χ0) is 19.4. The fourth-order valence-corrected chi connectivity index (χ4v) is 3.67. The van der Waals surface area contributed by atoms with Crippen LogP contribution in [0.25, 0.3) is 0 Å². The molecule has 2 aromatic rings. The summed E-state index contributed by atoms with van der Waals surface area (Å²) in [6.07, 6.45) is 1.75. The third-order valence-electron chi connectivity index (χ3n) is 5.56. The Hall–Kier alpha value is -2.56. The van der Waals surface area contributed by atoms with Crippen LogP contribution in [0.5, 0.6) is 0 Å². The minimum atomic E-state index is 0.0812. The lowest BCUT2D eigenvalue weighted by molar-refractivity contribution is 0.0773. The molecule has 1 aromatic heterocycles. The van der Waals surface area contributed by atoms with Crippen molar-refractivity contribution >= 4 is 17.4 Å². The van der Waals surface area contributed by atoms with Crippen molar-refractivity contribution in [1.29, 1.82) is 0 Å². The van der Waals surface area contributed by atoms with E-state index in [-0.39, 0.29) is 5.91 Å². The summed E-state index contributed by atoms with van der Waals surface area (Å²) in [4.78, 5) is 23.7. The Morgan fingerprint density at radius 2 is 1.70 bits per heavy atom. The van der Waals surface area contributed by atoms with Crippen molar-refractivity contribution < 1.29 is 4.79 Å². The van der Waals surface area contributed by atoms with Gasteiger partial charge in [-0.1, -0.05) is 12.1 Å². The van der Waals surface area contributed by atoms with Gasteiger partial charge in [0.1, 0.15) is 5.82 Å². The molecule has 144 valence electrons. The van der Waals surface area contributed by atoms with Crippen molar-refractivity contribution in [3.63, 3.8) is 0 Å². The molecule has 2 heterocycles. The standard InChI is InChI=1S/C22H30N4O/c1-5-24(6-2)22(27)19-10-11-23-21(16-19)26-14-12-25(13-15-26)20-9-7-8-17(3)18(20)4/h7-11,16H,5-6,12-15H2,1-4H3. The third kappa shape index (κ3) is 4.07. The van der Waals surface area contributed by atoms with Gasteiger partial charge in [-0.3, -0.25) is 4.79 Å². The molecule has 0 N–H and O–H groups in total. The average Bonchev–Trinajstić information content (AvgIpc) is 2.71. The van der Waals surface area contributed by atoms with Crippen LogP contribution in [0, 0.1) is 13.8 Å². The van der Waals surface area contributed by atoms with E-state index < -0.39 is 0 Å². The maximum atomic E-state index is 12.6. The van der Waals surface area contributed by atoms with Gasteiger partial charge in [0.25, 0.3) is 5.91 Å². The number of aryl methyl sites for hydroxylation is 1. The van der Waals surface area contributed by atoms with Gasteiger partial charge in [-0.25, -0.2) is 4.98 Å². The molecular weight excluding hydrogens is 336 g/mol. The van der Waals surface area contributed by atoms with Crippen LogP contribution in [0.1, 0.15) is 35.3 Å². The SMILES string of the molecule is CCN(CC)C(=O)c1ccnc(N2CCN(c3cccc(C)c3C)CC2)c1. The number of aromatic nitrogens is 1. The van der Waals surface area contributed by atoms with Crippen molar-refractivity contribution in [1.82, 2.24) is 9.88 Å². The van der Waals surface area contributed by atoms with Crippen LogP contribution < -0.4 is 9.80 Å². The summed E-state index contributed by atoms with van der Waals surface area (Å²) in [6, 6.07) is 10.3. The predicted molar refractivity (Wildman–Crippen MR) is 112 cm³/mol. The smallest absolute Gasteiger partial charge is 0.254 e. The summed E-state index contributed by atoms with van der Waals surface area (Å²) in [5.41, 5.74) is 4.74. The van der Waals surface area contributed by atoms with Gasteiger partial charge in [-0.15, -0.1) is 0 Å². The topological polar surface area (TPSA) is 39.7 Å². The molecule has 0 radical (unpaired) electrons. The second-order valence-corrected chi connectivity index (χ2v) is 7.07. The van der Waals surface area contributed by atoms with Crippen LogP contribution >= 0.6 is 0 Å². The Kier molecular flexibility index (Phi) is 5.99. The number of benzene rings is 1. The summed E-state index contributed by atoms with van der Waals surface area (Å²) in [5, 5.41) is 0. The first-order valence-corrected chi connectivity index (χ1v) is 9.86. The second-order valence-electron chi connectivity index (χ2n) is 7.07. The molecule has 0 atom stereocenters. The molecule has 1 amide bonds. The van der Waals surface area contributed by atoms with E-state index in [1.165, 1.54) is 16.8 Å². The first-order valence-electron chi connectivity index (χ1n) is 9.86. The van der Waals surface area contributed by atoms with E-state index in [0.717, 1.165) is 50.6 Å². The van der Waals surface area contributed by atoms with Crippen molar-refractivity contribution in [2.75, 3.05) is 49.1 Å². The van der Waals surface area contributed by atoms with Crippen LogP contribution in [0.4, 0.5) is 11.5 Å². The number of carbonyl (C=O) groups is 1. The number of anilines is 2. The Morgan fingerprint density at radius 1 is 1.04 bits per heavy atom. The zero-order valence-corrected chi connectivity index (χ0v) is 16.9. The van der Waals surface area contributed by atoms with E-state index in [9.17, 15) is 4.79 Å². The summed E-state index contributed by atoms with van der Waals surface area (Å²) < 4.78 is 0. The molecule has 0 aliphatic carbocycles. The number of nitrogens with zero attached hydrogens (tertiary/aromatic N) is 4. The molecule has 0 bridgehead atoms. The van der Waals surface area contributed by atoms with E-state index in [4.69, 9.17) is 0 Å². The first kappa shape index (κ1) is 19.2. The van der Waals surface area contributed by atoms with Gasteiger partial charge in [0.2, 0.25) is 0 Å². The molecule has 1 saturated heterocycles. The van der Waals surface area contributed by atoms with Gasteiger partial charge in [-0.05, 0) is 57.0 Å². The number of hydrogen-bond acceptors (Lipinski definition) is 4. The van der Waals surface area contributed by atoms with Crippen LogP contribution in [0.2, 0.25) is 0 Å². The lowest BCUT2D eigenvalue weighted by atomic mass is 10.1. The largest absolute Gasteiger partial charge is 0.368 e. The summed E-state index contributed by atoms with van der Waals surface area (Å²) in [5.74, 6) is 0.978. The van der Waals surface area contributed by atoms with E-state index in [1.807, 2.05) is 30.9 Å². The Balaban J connectivity index is 1.70. The minimum absolute atomic E-state index is 0.0812. The third-order valence-corrected chi connectivity index (χ3v) is 5.56. The molecule has 27 heavy (non-hydrogen) atoms. The molecular formula is C22H30N4O. The molecule has 5 nitrogen and oxygen atoms in total. The minimum Gasteiger partial charge on any atom is -0.368 e. The Bertz CT molecular complexity index is 793. The number of amides is 1. The molecule has 0 saturated carbocycles. The predicted octanol–water partition coefficient (Wildman–Crippen LogP) is 3.51. The maximum absolute atomic E-state index is 12.6. The fraction of sp³-hybridized carbons (Fsp3) is 0.455. The average molecular weight is 367 g/mol. The molecule has 1 aromatic carbocycles. The Labute approximate surface area is 162 Å². The van der Waals surface area contributed by atoms with Crippen molar-refractivity contribution in [3.8, 4) is 0 Å². The highest BCUT2D eigenvalue weighted by Crippen LogP contribution is 2.25. The summed E-state index contributed by atoms with van der Waals surface area (Å²) in [6.45, 7) is 13.6. The van der Waals surface area contributed by atoms with Crippen molar-refractivity contribution in [2.24, 2.45) is 0 Å². The molecule has 1 aliphatic rings. The molecule has 1 fully saturated rings. The van der Waals surface area contributed by atoms with Gasteiger partial charge in [0.05, 0.1) is 0 Å². The van der Waals surface area contributed by atoms with E-state index >= 15 is 0 Å².